The molecule has 1 unspecified atom stereocenters. The Morgan fingerprint density at radius 2 is 2.33 bits per heavy atom. The van der Waals surface area contributed by atoms with Crippen molar-refractivity contribution in [3.63, 3.8) is 0 Å². The first-order chi connectivity index (χ1) is 5.88. The maximum Gasteiger partial charge on any atom is 0.120 e. The summed E-state index contributed by atoms with van der Waals surface area (Å²) in [5.41, 5.74) is 1.82. The number of hydrogen-bond donors (Lipinski definition) is 0. The lowest BCUT2D eigenvalue weighted by Crippen LogP contribution is -1.96. The van der Waals surface area contributed by atoms with Gasteiger partial charge in [-0.3, -0.25) is 0 Å². The Morgan fingerprint density at radius 3 is 2.83 bits per heavy atom. The van der Waals surface area contributed by atoms with Crippen LogP contribution in [0, 0.1) is 0 Å². The quantitative estimate of drug-likeness (QED) is 0.702. The Bertz CT molecular complexity index is 196. The monoisotopic (exact) mass is 184 g/mol. The molecule has 0 fully saturated rings. The van der Waals surface area contributed by atoms with Gasteiger partial charge in [-0.25, -0.2) is 0 Å². The second kappa shape index (κ2) is 5.25. The SMILES string of the molecule is CCCCC(CC)c1nncs1. The van der Waals surface area contributed by atoms with E-state index < -0.39 is 0 Å². The van der Waals surface area contributed by atoms with Crippen molar-refractivity contribution in [3.05, 3.63) is 10.5 Å². The van der Waals surface area contributed by atoms with Crippen LogP contribution in [0.1, 0.15) is 50.5 Å². The highest BCUT2D eigenvalue weighted by Gasteiger charge is 2.11. The number of rotatable bonds is 5. The van der Waals surface area contributed by atoms with Crippen LogP contribution in [-0.2, 0) is 0 Å². The van der Waals surface area contributed by atoms with Crippen LogP contribution < -0.4 is 0 Å². The lowest BCUT2D eigenvalue weighted by molar-refractivity contribution is 0.563. The van der Waals surface area contributed by atoms with Gasteiger partial charge in [0.1, 0.15) is 10.5 Å². The molecule has 0 aliphatic heterocycles. The fourth-order valence-corrected chi connectivity index (χ4v) is 2.09. The van der Waals surface area contributed by atoms with Gasteiger partial charge in [0.05, 0.1) is 0 Å². The smallest absolute Gasteiger partial charge is 0.120 e. The number of aromatic nitrogens is 2. The third-order valence-corrected chi connectivity index (χ3v) is 2.98. The molecule has 0 saturated heterocycles. The standard InChI is InChI=1S/C9H16N2S/c1-3-5-6-8(4-2)9-11-10-7-12-9/h7-8H,3-6H2,1-2H3. The summed E-state index contributed by atoms with van der Waals surface area (Å²) in [5, 5.41) is 9.19. The van der Waals surface area contributed by atoms with Crippen molar-refractivity contribution >= 4 is 11.3 Å². The zero-order valence-electron chi connectivity index (χ0n) is 7.79. The average molecular weight is 184 g/mol. The van der Waals surface area contributed by atoms with E-state index in [0.717, 1.165) is 0 Å². The van der Waals surface area contributed by atoms with Crippen molar-refractivity contribution in [3.8, 4) is 0 Å². The molecular weight excluding hydrogens is 168 g/mol. The summed E-state index contributed by atoms with van der Waals surface area (Å²) in [6, 6.07) is 0. The molecular formula is C9H16N2S. The van der Waals surface area contributed by atoms with Crippen LogP contribution in [0.4, 0.5) is 0 Å². The van der Waals surface area contributed by atoms with Crippen LogP contribution in [0.5, 0.6) is 0 Å². The minimum Gasteiger partial charge on any atom is -0.147 e. The van der Waals surface area contributed by atoms with Crippen molar-refractivity contribution in [1.82, 2.24) is 10.2 Å². The van der Waals surface area contributed by atoms with Gasteiger partial charge < -0.3 is 0 Å². The molecule has 1 rings (SSSR count). The summed E-state index contributed by atoms with van der Waals surface area (Å²) in [4.78, 5) is 0. The maximum absolute atomic E-state index is 4.11. The first-order valence-corrected chi connectivity index (χ1v) is 5.52. The number of unbranched alkanes of at least 4 members (excludes halogenated alkanes) is 1. The fourth-order valence-electron chi connectivity index (χ4n) is 1.31. The molecule has 68 valence electrons. The van der Waals surface area contributed by atoms with E-state index in [-0.39, 0.29) is 0 Å². The molecule has 3 heteroatoms. The van der Waals surface area contributed by atoms with E-state index in [1.165, 1.54) is 30.7 Å². The van der Waals surface area contributed by atoms with E-state index in [2.05, 4.69) is 24.0 Å². The van der Waals surface area contributed by atoms with E-state index in [1.807, 2.05) is 5.51 Å². The molecule has 0 N–H and O–H groups in total. The highest BCUT2D eigenvalue weighted by Crippen LogP contribution is 2.25. The van der Waals surface area contributed by atoms with Gasteiger partial charge in [0, 0.05) is 5.92 Å². The molecule has 0 aliphatic rings. The molecule has 12 heavy (non-hydrogen) atoms. The third-order valence-electron chi connectivity index (χ3n) is 2.13. The van der Waals surface area contributed by atoms with Crippen molar-refractivity contribution in [2.75, 3.05) is 0 Å². The maximum atomic E-state index is 4.11. The van der Waals surface area contributed by atoms with Crippen LogP contribution in [0.15, 0.2) is 5.51 Å². The van der Waals surface area contributed by atoms with Crippen molar-refractivity contribution in [1.29, 1.82) is 0 Å². The molecule has 1 aromatic rings. The molecule has 1 heterocycles. The molecule has 0 spiro atoms. The number of hydrogen-bond acceptors (Lipinski definition) is 3. The van der Waals surface area contributed by atoms with Gasteiger partial charge in [-0.05, 0) is 12.8 Å². The normalized spacial score (nSPS) is 13.2. The van der Waals surface area contributed by atoms with E-state index in [9.17, 15) is 0 Å². The Labute approximate surface area is 78.0 Å². The molecule has 2 nitrogen and oxygen atoms in total. The van der Waals surface area contributed by atoms with Crippen LogP contribution >= 0.6 is 11.3 Å². The number of nitrogens with zero attached hydrogens (tertiary/aromatic N) is 2. The van der Waals surface area contributed by atoms with Gasteiger partial charge in [0.15, 0.2) is 0 Å². The van der Waals surface area contributed by atoms with Gasteiger partial charge in [-0.2, -0.15) is 0 Å². The van der Waals surface area contributed by atoms with Crippen LogP contribution in [0.2, 0.25) is 0 Å². The summed E-state index contributed by atoms with van der Waals surface area (Å²) in [5.74, 6) is 0.650. The van der Waals surface area contributed by atoms with E-state index >= 15 is 0 Å². The minimum atomic E-state index is 0.650. The lowest BCUT2D eigenvalue weighted by Gasteiger charge is -2.09. The topological polar surface area (TPSA) is 25.8 Å². The predicted molar refractivity (Wildman–Crippen MR) is 52.5 cm³/mol. The van der Waals surface area contributed by atoms with Gasteiger partial charge in [0.2, 0.25) is 0 Å². The molecule has 0 amide bonds. The van der Waals surface area contributed by atoms with Crippen LogP contribution in [0.25, 0.3) is 0 Å². The molecule has 0 radical (unpaired) electrons. The largest absolute Gasteiger partial charge is 0.147 e. The first kappa shape index (κ1) is 9.65. The predicted octanol–water partition coefficient (Wildman–Crippen LogP) is 3.22. The Kier molecular flexibility index (Phi) is 4.22. The van der Waals surface area contributed by atoms with Crippen LogP contribution in [-0.4, -0.2) is 10.2 Å². The zero-order chi connectivity index (χ0) is 8.81. The molecule has 1 aromatic heterocycles. The molecule has 0 saturated carbocycles. The van der Waals surface area contributed by atoms with E-state index in [4.69, 9.17) is 0 Å². The second-order valence-electron chi connectivity index (χ2n) is 3.02. The van der Waals surface area contributed by atoms with Crippen molar-refractivity contribution < 1.29 is 0 Å². The molecule has 0 aromatic carbocycles. The second-order valence-corrected chi connectivity index (χ2v) is 3.89. The molecule has 1 atom stereocenters. The van der Waals surface area contributed by atoms with Gasteiger partial charge >= 0.3 is 0 Å². The van der Waals surface area contributed by atoms with Crippen molar-refractivity contribution in [2.45, 2.75) is 45.4 Å². The minimum absolute atomic E-state index is 0.650. The van der Waals surface area contributed by atoms with E-state index in [0.29, 0.717) is 5.92 Å². The summed E-state index contributed by atoms with van der Waals surface area (Å²) >= 11 is 1.68. The van der Waals surface area contributed by atoms with Gasteiger partial charge in [-0.15, -0.1) is 21.5 Å². The Hall–Kier alpha value is -0.440. The lowest BCUT2D eigenvalue weighted by atomic mass is 10.0. The van der Waals surface area contributed by atoms with E-state index in [1.54, 1.807) is 11.3 Å². The van der Waals surface area contributed by atoms with Gasteiger partial charge in [-0.1, -0.05) is 26.7 Å². The van der Waals surface area contributed by atoms with Crippen LogP contribution in [0.3, 0.4) is 0 Å². The first-order valence-electron chi connectivity index (χ1n) is 4.64. The highest BCUT2D eigenvalue weighted by molar-refractivity contribution is 7.09. The molecule has 0 aliphatic carbocycles. The fraction of sp³-hybridized carbons (Fsp3) is 0.778. The highest BCUT2D eigenvalue weighted by atomic mass is 32.1. The van der Waals surface area contributed by atoms with Crippen molar-refractivity contribution in [2.24, 2.45) is 0 Å². The summed E-state index contributed by atoms with van der Waals surface area (Å²) in [7, 11) is 0. The Balaban J connectivity index is 2.45. The molecule has 0 bridgehead atoms. The zero-order valence-corrected chi connectivity index (χ0v) is 8.60. The summed E-state index contributed by atoms with van der Waals surface area (Å²) in [6.07, 6.45) is 5.03. The summed E-state index contributed by atoms with van der Waals surface area (Å²) in [6.45, 7) is 4.45. The Morgan fingerprint density at radius 1 is 1.50 bits per heavy atom. The third kappa shape index (κ3) is 2.55. The van der Waals surface area contributed by atoms with Gasteiger partial charge in [0.25, 0.3) is 0 Å². The summed E-state index contributed by atoms with van der Waals surface area (Å²) < 4.78 is 0. The average Bonchev–Trinajstić information content (AvgIpc) is 2.59.